The summed E-state index contributed by atoms with van der Waals surface area (Å²) >= 11 is 0. The van der Waals surface area contributed by atoms with Crippen molar-refractivity contribution in [2.75, 3.05) is 32.4 Å². The number of nitrogens with zero attached hydrogens (tertiary/aromatic N) is 2. The Morgan fingerprint density at radius 1 is 1.05 bits per heavy atom. The molecule has 1 N–H and O–H groups in total. The van der Waals surface area contributed by atoms with Gasteiger partial charge in [0.1, 0.15) is 0 Å². The van der Waals surface area contributed by atoms with E-state index in [4.69, 9.17) is 0 Å². The molecular weight excluding hydrogens is 302 g/mol. The molecule has 0 unspecified atom stereocenters. The largest absolute Gasteiger partial charge is 0.335 e. The van der Waals surface area contributed by atoms with E-state index in [2.05, 4.69) is 19.2 Å². The molecule has 0 aromatic carbocycles. The van der Waals surface area contributed by atoms with Crippen LogP contribution in [0.1, 0.15) is 39.5 Å². The maximum Gasteiger partial charge on any atom is 0.317 e. The molecule has 2 rings (SSSR count). The van der Waals surface area contributed by atoms with Gasteiger partial charge in [0.05, 0.1) is 6.26 Å². The van der Waals surface area contributed by atoms with Crippen LogP contribution >= 0.6 is 0 Å². The van der Waals surface area contributed by atoms with Gasteiger partial charge in [-0.15, -0.1) is 0 Å². The molecule has 22 heavy (non-hydrogen) atoms. The van der Waals surface area contributed by atoms with Gasteiger partial charge in [0.15, 0.2) is 0 Å². The summed E-state index contributed by atoms with van der Waals surface area (Å²) in [4.78, 5) is 14.0. The molecule has 0 aromatic rings. The van der Waals surface area contributed by atoms with E-state index in [1.807, 2.05) is 0 Å². The molecule has 1 aliphatic carbocycles. The van der Waals surface area contributed by atoms with Gasteiger partial charge in [0.25, 0.3) is 0 Å². The maximum absolute atomic E-state index is 12.3. The number of rotatable bonds is 3. The molecule has 1 saturated carbocycles. The number of hydrogen-bond acceptors (Lipinski definition) is 3. The van der Waals surface area contributed by atoms with E-state index in [-0.39, 0.29) is 12.1 Å². The Morgan fingerprint density at radius 2 is 1.59 bits per heavy atom. The van der Waals surface area contributed by atoms with E-state index in [9.17, 15) is 13.2 Å². The van der Waals surface area contributed by atoms with Crippen molar-refractivity contribution < 1.29 is 13.2 Å². The van der Waals surface area contributed by atoms with Gasteiger partial charge in [0.2, 0.25) is 10.0 Å². The first-order valence-electron chi connectivity index (χ1n) is 8.28. The third kappa shape index (κ3) is 4.59. The second-order valence-corrected chi connectivity index (χ2v) is 8.94. The SMILES string of the molecule is CC(C)[C@H]1CC[C@H](NC(=O)N2CCN(S(C)(=O)=O)CC2)CC1. The summed E-state index contributed by atoms with van der Waals surface area (Å²) in [6, 6.07) is 0.233. The number of carbonyl (C=O) groups is 1. The van der Waals surface area contributed by atoms with Crippen LogP contribution in [0.4, 0.5) is 4.79 Å². The summed E-state index contributed by atoms with van der Waals surface area (Å²) in [6.07, 6.45) is 5.70. The summed E-state index contributed by atoms with van der Waals surface area (Å²) < 4.78 is 24.4. The molecule has 6 nitrogen and oxygen atoms in total. The van der Waals surface area contributed by atoms with Gasteiger partial charge in [-0.2, -0.15) is 4.31 Å². The molecule has 0 radical (unpaired) electrons. The number of urea groups is 1. The fraction of sp³-hybridized carbons (Fsp3) is 0.933. The number of hydrogen-bond donors (Lipinski definition) is 1. The van der Waals surface area contributed by atoms with Crippen molar-refractivity contribution in [2.45, 2.75) is 45.6 Å². The molecule has 2 aliphatic rings. The second-order valence-electron chi connectivity index (χ2n) is 6.95. The van der Waals surface area contributed by atoms with Gasteiger partial charge in [-0.25, -0.2) is 13.2 Å². The number of nitrogens with one attached hydrogen (secondary N) is 1. The smallest absolute Gasteiger partial charge is 0.317 e. The van der Waals surface area contributed by atoms with E-state index < -0.39 is 10.0 Å². The molecule has 2 amide bonds. The highest BCUT2D eigenvalue weighted by molar-refractivity contribution is 7.88. The van der Waals surface area contributed by atoms with Gasteiger partial charge >= 0.3 is 6.03 Å². The van der Waals surface area contributed by atoms with Crippen LogP contribution in [0.5, 0.6) is 0 Å². The average molecular weight is 331 g/mol. The third-order valence-electron chi connectivity index (χ3n) is 5.04. The van der Waals surface area contributed by atoms with Gasteiger partial charge in [-0.05, 0) is 37.5 Å². The Balaban J connectivity index is 1.75. The zero-order valence-electron chi connectivity index (χ0n) is 13.9. The average Bonchev–Trinajstić information content (AvgIpc) is 2.47. The molecule has 128 valence electrons. The normalized spacial score (nSPS) is 27.9. The fourth-order valence-corrected chi connectivity index (χ4v) is 4.25. The molecule has 0 bridgehead atoms. The lowest BCUT2D eigenvalue weighted by Gasteiger charge is -2.36. The summed E-state index contributed by atoms with van der Waals surface area (Å²) in [7, 11) is -3.14. The number of piperazine rings is 1. The van der Waals surface area contributed by atoms with Crippen LogP contribution in [0.15, 0.2) is 0 Å². The molecule has 1 aliphatic heterocycles. The van der Waals surface area contributed by atoms with Gasteiger partial charge in [-0.3, -0.25) is 0 Å². The second kappa shape index (κ2) is 7.17. The van der Waals surface area contributed by atoms with Crippen LogP contribution in [0, 0.1) is 11.8 Å². The lowest BCUT2D eigenvalue weighted by Crippen LogP contribution is -2.54. The van der Waals surface area contributed by atoms with E-state index >= 15 is 0 Å². The van der Waals surface area contributed by atoms with Crippen molar-refractivity contribution in [3.8, 4) is 0 Å². The first-order chi connectivity index (χ1) is 10.3. The minimum absolute atomic E-state index is 0.0406. The first kappa shape index (κ1) is 17.5. The summed E-state index contributed by atoms with van der Waals surface area (Å²) in [6.45, 7) is 6.27. The quantitative estimate of drug-likeness (QED) is 0.852. The molecule has 0 spiro atoms. The van der Waals surface area contributed by atoms with E-state index in [0.29, 0.717) is 26.2 Å². The Labute approximate surface area is 134 Å². The Hall–Kier alpha value is -0.820. The Kier molecular flexibility index (Phi) is 5.71. The van der Waals surface area contributed by atoms with Crippen LogP contribution in [-0.4, -0.2) is 62.1 Å². The Bertz CT molecular complexity index is 476. The van der Waals surface area contributed by atoms with E-state index in [0.717, 1.165) is 24.7 Å². The predicted molar refractivity (Wildman–Crippen MR) is 87.1 cm³/mol. The molecule has 1 heterocycles. The van der Waals surface area contributed by atoms with Crippen LogP contribution < -0.4 is 5.32 Å². The van der Waals surface area contributed by atoms with Crippen molar-refractivity contribution in [1.82, 2.24) is 14.5 Å². The first-order valence-corrected chi connectivity index (χ1v) is 10.1. The lowest BCUT2D eigenvalue weighted by atomic mass is 9.80. The van der Waals surface area contributed by atoms with Gasteiger partial charge in [-0.1, -0.05) is 13.8 Å². The van der Waals surface area contributed by atoms with Crippen molar-refractivity contribution in [3.05, 3.63) is 0 Å². The zero-order chi connectivity index (χ0) is 16.3. The summed E-state index contributed by atoms with van der Waals surface area (Å²) in [5.74, 6) is 1.51. The Morgan fingerprint density at radius 3 is 2.05 bits per heavy atom. The van der Waals surface area contributed by atoms with Crippen molar-refractivity contribution in [2.24, 2.45) is 11.8 Å². The number of carbonyl (C=O) groups excluding carboxylic acids is 1. The molecule has 7 heteroatoms. The maximum atomic E-state index is 12.3. The zero-order valence-corrected chi connectivity index (χ0v) is 14.7. The monoisotopic (exact) mass is 331 g/mol. The predicted octanol–water partition coefficient (Wildman–Crippen LogP) is 1.49. The highest BCUT2D eigenvalue weighted by atomic mass is 32.2. The minimum Gasteiger partial charge on any atom is -0.335 e. The summed E-state index contributed by atoms with van der Waals surface area (Å²) in [5, 5.41) is 3.12. The molecule has 2 fully saturated rings. The molecular formula is C15H29N3O3S. The van der Waals surface area contributed by atoms with Gasteiger partial charge < -0.3 is 10.2 Å². The highest BCUT2D eigenvalue weighted by Crippen LogP contribution is 2.29. The minimum atomic E-state index is -3.14. The van der Waals surface area contributed by atoms with Crippen LogP contribution in [-0.2, 0) is 10.0 Å². The third-order valence-corrected chi connectivity index (χ3v) is 6.34. The number of sulfonamides is 1. The van der Waals surface area contributed by atoms with Crippen LogP contribution in [0.25, 0.3) is 0 Å². The van der Waals surface area contributed by atoms with Crippen molar-refractivity contribution >= 4 is 16.1 Å². The topological polar surface area (TPSA) is 69.7 Å². The lowest BCUT2D eigenvalue weighted by molar-refractivity contribution is 0.161. The molecule has 1 saturated heterocycles. The van der Waals surface area contributed by atoms with Gasteiger partial charge in [0, 0.05) is 32.2 Å². The number of amides is 2. The van der Waals surface area contributed by atoms with Crippen molar-refractivity contribution in [1.29, 1.82) is 0 Å². The standard InChI is InChI=1S/C15H29N3O3S/c1-12(2)13-4-6-14(7-5-13)16-15(19)17-8-10-18(11-9-17)22(3,20)21/h12-14H,4-11H2,1-3H3,(H,16,19)/t13-,14-. The van der Waals surface area contributed by atoms with Crippen molar-refractivity contribution in [3.63, 3.8) is 0 Å². The summed E-state index contributed by atoms with van der Waals surface area (Å²) in [5.41, 5.74) is 0. The fourth-order valence-electron chi connectivity index (χ4n) is 3.42. The molecule has 0 atom stereocenters. The van der Waals surface area contributed by atoms with Crippen LogP contribution in [0.2, 0.25) is 0 Å². The highest BCUT2D eigenvalue weighted by Gasteiger charge is 2.29. The molecule has 0 aromatic heterocycles. The van der Waals surface area contributed by atoms with Crippen LogP contribution in [0.3, 0.4) is 0 Å². The van der Waals surface area contributed by atoms with E-state index in [1.54, 1.807) is 4.90 Å². The van der Waals surface area contributed by atoms with E-state index in [1.165, 1.54) is 23.4 Å².